The highest BCUT2D eigenvalue weighted by Crippen LogP contribution is 2.05. The lowest BCUT2D eigenvalue weighted by Crippen LogP contribution is -2.56. The number of primary amides is 1. The van der Waals surface area contributed by atoms with E-state index in [4.69, 9.17) is 21.7 Å². The van der Waals surface area contributed by atoms with Gasteiger partial charge in [-0.05, 0) is 5.56 Å². The Kier molecular flexibility index (Phi) is 8.19. The number of aliphatic hydroxyl groups excluding tert-OH is 1. The highest BCUT2D eigenvalue weighted by Gasteiger charge is 2.28. The quantitative estimate of drug-likeness (QED) is 0.264. The van der Waals surface area contributed by atoms with Crippen LogP contribution in [0.15, 0.2) is 30.3 Å². The van der Waals surface area contributed by atoms with Gasteiger partial charge in [-0.25, -0.2) is 4.79 Å². The first-order valence-corrected chi connectivity index (χ1v) is 7.76. The zero-order valence-electron chi connectivity index (χ0n) is 13.9. The molecular formula is C16H22N4O6. The maximum Gasteiger partial charge on any atom is 0.326 e. The van der Waals surface area contributed by atoms with E-state index in [-0.39, 0.29) is 6.42 Å². The molecule has 1 aromatic carbocycles. The van der Waals surface area contributed by atoms with Gasteiger partial charge < -0.3 is 32.3 Å². The summed E-state index contributed by atoms with van der Waals surface area (Å²) in [5.74, 6) is -3.93. The second-order valence-electron chi connectivity index (χ2n) is 5.61. The molecule has 0 heterocycles. The summed E-state index contributed by atoms with van der Waals surface area (Å²) in [6.07, 6.45) is -0.539. The first-order valence-electron chi connectivity index (χ1n) is 7.76. The molecule has 0 unspecified atom stereocenters. The van der Waals surface area contributed by atoms with E-state index in [0.717, 1.165) is 0 Å². The van der Waals surface area contributed by atoms with Crippen molar-refractivity contribution in [3.63, 3.8) is 0 Å². The fraction of sp³-hybridized carbons (Fsp3) is 0.375. The van der Waals surface area contributed by atoms with Crippen LogP contribution in [0.2, 0.25) is 0 Å². The first-order chi connectivity index (χ1) is 12.2. The normalized spacial score (nSPS) is 13.9. The number of amides is 3. The van der Waals surface area contributed by atoms with E-state index in [1.54, 1.807) is 30.3 Å². The minimum absolute atomic E-state index is 0.0550. The van der Waals surface area contributed by atoms with Gasteiger partial charge in [-0.2, -0.15) is 0 Å². The number of rotatable bonds is 10. The molecule has 10 nitrogen and oxygen atoms in total. The van der Waals surface area contributed by atoms with Crippen LogP contribution in [0.3, 0.4) is 0 Å². The Labute approximate surface area is 149 Å². The van der Waals surface area contributed by atoms with Crippen LogP contribution in [0.25, 0.3) is 0 Å². The van der Waals surface area contributed by atoms with Gasteiger partial charge in [-0.15, -0.1) is 0 Å². The molecule has 0 radical (unpaired) electrons. The van der Waals surface area contributed by atoms with E-state index in [2.05, 4.69) is 10.6 Å². The van der Waals surface area contributed by atoms with Crippen LogP contribution < -0.4 is 22.1 Å². The summed E-state index contributed by atoms with van der Waals surface area (Å²) in [5.41, 5.74) is 11.1. The van der Waals surface area contributed by atoms with Gasteiger partial charge in [0.05, 0.1) is 13.0 Å². The lowest BCUT2D eigenvalue weighted by atomic mass is 10.0. The highest BCUT2D eigenvalue weighted by atomic mass is 16.4. The molecule has 10 heteroatoms. The van der Waals surface area contributed by atoms with Gasteiger partial charge >= 0.3 is 5.97 Å². The SMILES string of the molecule is NC(=O)C[C@H](NC(=O)[C@H](Cc1ccccc1)NC(=O)[C@@H](N)CO)C(=O)O. The van der Waals surface area contributed by atoms with Gasteiger partial charge in [0.25, 0.3) is 0 Å². The maximum absolute atomic E-state index is 12.4. The van der Waals surface area contributed by atoms with Gasteiger partial charge in [0.15, 0.2) is 0 Å². The zero-order valence-corrected chi connectivity index (χ0v) is 13.9. The van der Waals surface area contributed by atoms with Crippen molar-refractivity contribution in [1.82, 2.24) is 10.6 Å². The van der Waals surface area contributed by atoms with Crippen LogP contribution >= 0.6 is 0 Å². The lowest BCUT2D eigenvalue weighted by molar-refractivity contribution is -0.143. The number of nitrogens with one attached hydrogen (secondary N) is 2. The van der Waals surface area contributed by atoms with Gasteiger partial charge in [-0.1, -0.05) is 30.3 Å². The predicted molar refractivity (Wildman–Crippen MR) is 90.5 cm³/mol. The topological polar surface area (TPSA) is 185 Å². The van der Waals surface area contributed by atoms with Gasteiger partial charge in [0, 0.05) is 6.42 Å². The molecule has 142 valence electrons. The third kappa shape index (κ3) is 6.87. The van der Waals surface area contributed by atoms with Crippen molar-refractivity contribution in [2.75, 3.05) is 6.61 Å². The second-order valence-corrected chi connectivity index (χ2v) is 5.61. The number of nitrogens with two attached hydrogens (primary N) is 2. The summed E-state index contributed by atoms with van der Waals surface area (Å²) in [6, 6.07) is 4.76. The number of benzene rings is 1. The third-order valence-corrected chi connectivity index (χ3v) is 3.47. The number of carboxylic acids is 1. The first kappa shape index (κ1) is 21.1. The van der Waals surface area contributed by atoms with Crippen molar-refractivity contribution in [3.8, 4) is 0 Å². The minimum atomic E-state index is -1.53. The summed E-state index contributed by atoms with van der Waals surface area (Å²) in [6.45, 7) is -0.620. The Morgan fingerprint density at radius 3 is 2.08 bits per heavy atom. The molecule has 3 atom stereocenters. The Hall–Kier alpha value is -2.98. The zero-order chi connectivity index (χ0) is 19.7. The summed E-state index contributed by atoms with van der Waals surface area (Å²) >= 11 is 0. The maximum atomic E-state index is 12.4. The largest absolute Gasteiger partial charge is 0.480 e. The number of carbonyl (C=O) groups excluding carboxylic acids is 3. The number of aliphatic hydroxyl groups is 1. The number of hydrogen-bond donors (Lipinski definition) is 6. The molecule has 0 fully saturated rings. The van der Waals surface area contributed by atoms with Crippen LogP contribution in [0.1, 0.15) is 12.0 Å². The molecule has 0 spiro atoms. The van der Waals surface area contributed by atoms with E-state index >= 15 is 0 Å². The smallest absolute Gasteiger partial charge is 0.326 e. The van der Waals surface area contributed by atoms with E-state index in [0.29, 0.717) is 5.56 Å². The molecule has 0 aliphatic heterocycles. The van der Waals surface area contributed by atoms with Crippen molar-refractivity contribution < 1.29 is 29.4 Å². The molecule has 1 rings (SSSR count). The molecule has 3 amide bonds. The van der Waals surface area contributed by atoms with Gasteiger partial charge in [0.1, 0.15) is 18.1 Å². The predicted octanol–water partition coefficient (Wildman–Crippen LogP) is -2.52. The monoisotopic (exact) mass is 366 g/mol. The Balaban J connectivity index is 2.94. The van der Waals surface area contributed by atoms with E-state index in [1.807, 2.05) is 0 Å². The minimum Gasteiger partial charge on any atom is -0.480 e. The van der Waals surface area contributed by atoms with Crippen molar-refractivity contribution in [3.05, 3.63) is 35.9 Å². The molecule has 0 saturated heterocycles. The van der Waals surface area contributed by atoms with E-state index in [1.165, 1.54) is 0 Å². The third-order valence-electron chi connectivity index (χ3n) is 3.47. The summed E-state index contributed by atoms with van der Waals surface area (Å²) in [7, 11) is 0. The van der Waals surface area contributed by atoms with Gasteiger partial charge in [0.2, 0.25) is 17.7 Å². The van der Waals surface area contributed by atoms with Crippen LogP contribution in [-0.2, 0) is 25.6 Å². The van der Waals surface area contributed by atoms with Crippen molar-refractivity contribution in [2.45, 2.75) is 31.0 Å². The molecule has 0 aliphatic carbocycles. The van der Waals surface area contributed by atoms with E-state index < -0.39 is 54.8 Å². The molecular weight excluding hydrogens is 344 g/mol. The average Bonchev–Trinajstić information content (AvgIpc) is 2.60. The Morgan fingerprint density at radius 2 is 1.58 bits per heavy atom. The van der Waals surface area contributed by atoms with Crippen LogP contribution in [0, 0.1) is 0 Å². The van der Waals surface area contributed by atoms with Crippen molar-refractivity contribution >= 4 is 23.7 Å². The van der Waals surface area contributed by atoms with Crippen LogP contribution in [0.5, 0.6) is 0 Å². The van der Waals surface area contributed by atoms with Crippen molar-refractivity contribution in [2.24, 2.45) is 11.5 Å². The van der Waals surface area contributed by atoms with Crippen LogP contribution in [0.4, 0.5) is 0 Å². The fourth-order valence-corrected chi connectivity index (χ4v) is 2.09. The Morgan fingerprint density at radius 1 is 1.00 bits per heavy atom. The number of carbonyl (C=O) groups is 4. The van der Waals surface area contributed by atoms with Crippen LogP contribution in [-0.4, -0.2) is 58.6 Å². The second kappa shape index (κ2) is 10.1. The Bertz CT molecular complexity index is 651. The van der Waals surface area contributed by atoms with Crippen molar-refractivity contribution in [1.29, 1.82) is 0 Å². The summed E-state index contributed by atoms with van der Waals surface area (Å²) < 4.78 is 0. The lowest BCUT2D eigenvalue weighted by Gasteiger charge is -2.22. The fourth-order valence-electron chi connectivity index (χ4n) is 2.09. The molecule has 0 bridgehead atoms. The average molecular weight is 366 g/mol. The molecule has 0 aromatic heterocycles. The molecule has 8 N–H and O–H groups in total. The standard InChI is InChI=1S/C16H22N4O6/c17-10(8-21)14(23)19-11(6-9-4-2-1-3-5-9)15(24)20-12(16(25)26)7-13(18)22/h1-5,10-12,21H,6-8,17H2,(H2,18,22)(H,19,23)(H,20,24)(H,25,26)/t10-,11-,12-/m0/s1. The van der Waals surface area contributed by atoms with E-state index in [9.17, 15) is 19.2 Å². The molecule has 26 heavy (non-hydrogen) atoms. The number of carboxylic acid groups (broad SMARTS) is 1. The molecule has 1 aromatic rings. The highest BCUT2D eigenvalue weighted by molar-refractivity contribution is 5.93. The summed E-state index contributed by atoms with van der Waals surface area (Å²) in [5, 5.41) is 22.6. The number of hydrogen-bond acceptors (Lipinski definition) is 6. The molecule has 0 aliphatic rings. The number of aliphatic carboxylic acids is 1. The summed E-state index contributed by atoms with van der Waals surface area (Å²) in [4.78, 5) is 46.5. The molecule has 0 saturated carbocycles. The van der Waals surface area contributed by atoms with Gasteiger partial charge in [-0.3, -0.25) is 14.4 Å².